The molecule has 0 aliphatic heterocycles. The Morgan fingerprint density at radius 3 is 2.71 bits per heavy atom. The SMILES string of the molecule is CC(/C=C\CCN)C(=O)NCC(=O)O. The third kappa shape index (κ3) is 6.19. The van der Waals surface area contributed by atoms with Crippen LogP contribution in [0.1, 0.15) is 13.3 Å². The Morgan fingerprint density at radius 1 is 1.57 bits per heavy atom. The van der Waals surface area contributed by atoms with E-state index < -0.39 is 5.97 Å². The largest absolute Gasteiger partial charge is 0.480 e. The van der Waals surface area contributed by atoms with E-state index in [4.69, 9.17) is 10.8 Å². The maximum atomic E-state index is 11.2. The van der Waals surface area contributed by atoms with Crippen LogP contribution in [0.4, 0.5) is 0 Å². The van der Waals surface area contributed by atoms with Gasteiger partial charge in [-0.3, -0.25) is 9.59 Å². The van der Waals surface area contributed by atoms with Crippen LogP contribution >= 0.6 is 0 Å². The van der Waals surface area contributed by atoms with Gasteiger partial charge in [0.05, 0.1) is 5.92 Å². The van der Waals surface area contributed by atoms with Crippen molar-refractivity contribution in [1.82, 2.24) is 5.32 Å². The normalized spacial score (nSPS) is 12.7. The number of hydrogen-bond acceptors (Lipinski definition) is 3. The summed E-state index contributed by atoms with van der Waals surface area (Å²) in [6.45, 7) is 1.90. The number of carbonyl (C=O) groups is 2. The Bertz CT molecular complexity index is 226. The first kappa shape index (κ1) is 12.6. The fourth-order valence-electron chi connectivity index (χ4n) is 0.808. The summed E-state index contributed by atoms with van der Waals surface area (Å²) in [5.41, 5.74) is 5.26. The lowest BCUT2D eigenvalue weighted by molar-refractivity contribution is -0.138. The first-order valence-electron chi connectivity index (χ1n) is 4.44. The predicted molar refractivity (Wildman–Crippen MR) is 52.6 cm³/mol. The van der Waals surface area contributed by atoms with Gasteiger partial charge in [-0.25, -0.2) is 0 Å². The van der Waals surface area contributed by atoms with E-state index in [2.05, 4.69) is 5.32 Å². The number of rotatable bonds is 6. The number of aliphatic carboxylic acids is 1. The number of nitrogens with one attached hydrogen (secondary N) is 1. The van der Waals surface area contributed by atoms with Crippen LogP contribution in [0.3, 0.4) is 0 Å². The van der Waals surface area contributed by atoms with E-state index in [0.717, 1.165) is 6.42 Å². The van der Waals surface area contributed by atoms with Crippen molar-refractivity contribution in [3.63, 3.8) is 0 Å². The van der Waals surface area contributed by atoms with Gasteiger partial charge in [0.2, 0.25) is 5.91 Å². The molecule has 1 unspecified atom stereocenters. The van der Waals surface area contributed by atoms with Gasteiger partial charge in [0, 0.05) is 0 Å². The highest BCUT2D eigenvalue weighted by Gasteiger charge is 2.09. The van der Waals surface area contributed by atoms with E-state index in [1.165, 1.54) is 0 Å². The minimum Gasteiger partial charge on any atom is -0.480 e. The van der Waals surface area contributed by atoms with E-state index >= 15 is 0 Å². The van der Waals surface area contributed by atoms with E-state index in [1.54, 1.807) is 13.0 Å². The maximum Gasteiger partial charge on any atom is 0.322 e. The van der Waals surface area contributed by atoms with Crippen molar-refractivity contribution in [1.29, 1.82) is 0 Å². The minimum absolute atomic E-state index is 0.291. The molecule has 1 atom stereocenters. The molecule has 0 fully saturated rings. The molecule has 0 rings (SSSR count). The highest BCUT2D eigenvalue weighted by atomic mass is 16.4. The third-order valence-electron chi connectivity index (χ3n) is 1.59. The quantitative estimate of drug-likeness (QED) is 0.514. The summed E-state index contributed by atoms with van der Waals surface area (Å²) >= 11 is 0. The highest BCUT2D eigenvalue weighted by Crippen LogP contribution is 1.97. The molecule has 1 amide bonds. The molecule has 0 aromatic heterocycles. The minimum atomic E-state index is -1.04. The summed E-state index contributed by atoms with van der Waals surface area (Å²) in [4.78, 5) is 21.3. The summed E-state index contributed by atoms with van der Waals surface area (Å²) < 4.78 is 0. The molecule has 0 aromatic rings. The van der Waals surface area contributed by atoms with Gasteiger partial charge in [-0.1, -0.05) is 19.1 Å². The van der Waals surface area contributed by atoms with Gasteiger partial charge in [0.15, 0.2) is 0 Å². The smallest absolute Gasteiger partial charge is 0.322 e. The van der Waals surface area contributed by atoms with E-state index in [-0.39, 0.29) is 18.4 Å². The Labute approximate surface area is 83.0 Å². The number of amides is 1. The number of nitrogens with two attached hydrogens (primary N) is 1. The molecule has 0 spiro atoms. The van der Waals surface area contributed by atoms with Gasteiger partial charge in [0.25, 0.3) is 0 Å². The highest BCUT2D eigenvalue weighted by molar-refractivity contribution is 5.83. The van der Waals surface area contributed by atoms with Gasteiger partial charge in [-0.2, -0.15) is 0 Å². The van der Waals surface area contributed by atoms with Gasteiger partial charge >= 0.3 is 5.97 Å². The monoisotopic (exact) mass is 200 g/mol. The molecular formula is C9H16N2O3. The lowest BCUT2D eigenvalue weighted by Gasteiger charge is -2.05. The molecule has 0 aliphatic rings. The third-order valence-corrected chi connectivity index (χ3v) is 1.59. The Balaban J connectivity index is 3.81. The van der Waals surface area contributed by atoms with Gasteiger partial charge in [-0.15, -0.1) is 0 Å². The van der Waals surface area contributed by atoms with Crippen LogP contribution in [0.2, 0.25) is 0 Å². The van der Waals surface area contributed by atoms with Crippen molar-refractivity contribution in [3.8, 4) is 0 Å². The topological polar surface area (TPSA) is 92.4 Å². The van der Waals surface area contributed by atoms with E-state index in [0.29, 0.717) is 6.54 Å². The van der Waals surface area contributed by atoms with Crippen LogP contribution in [0, 0.1) is 5.92 Å². The van der Waals surface area contributed by atoms with Crippen molar-refractivity contribution in [2.45, 2.75) is 13.3 Å². The summed E-state index contributed by atoms with van der Waals surface area (Å²) in [6, 6.07) is 0. The second kappa shape index (κ2) is 7.08. The molecule has 0 saturated heterocycles. The molecule has 0 aromatic carbocycles. The molecule has 4 N–H and O–H groups in total. The standard InChI is InChI=1S/C9H16N2O3/c1-7(4-2-3-5-10)9(14)11-6-8(12)13/h2,4,7H,3,5-6,10H2,1H3,(H,11,14)(H,12,13)/b4-2-. The molecular weight excluding hydrogens is 184 g/mol. The first-order chi connectivity index (χ1) is 6.57. The van der Waals surface area contributed by atoms with Crippen molar-refractivity contribution < 1.29 is 14.7 Å². The number of carbonyl (C=O) groups excluding carboxylic acids is 1. The molecule has 0 saturated carbocycles. The molecule has 14 heavy (non-hydrogen) atoms. The molecule has 80 valence electrons. The zero-order chi connectivity index (χ0) is 11.0. The van der Waals surface area contributed by atoms with Crippen LogP contribution in [0.5, 0.6) is 0 Å². The lowest BCUT2D eigenvalue weighted by Crippen LogP contribution is -2.32. The Morgan fingerprint density at radius 2 is 2.21 bits per heavy atom. The molecule has 0 heterocycles. The summed E-state index contributed by atoms with van der Waals surface area (Å²) in [6.07, 6.45) is 4.24. The van der Waals surface area contributed by atoms with E-state index in [9.17, 15) is 9.59 Å². The van der Waals surface area contributed by atoms with Gasteiger partial charge in [0.1, 0.15) is 6.54 Å². The lowest BCUT2D eigenvalue weighted by atomic mass is 10.1. The van der Waals surface area contributed by atoms with Gasteiger partial charge in [-0.05, 0) is 13.0 Å². The van der Waals surface area contributed by atoms with Crippen LogP contribution in [0.25, 0.3) is 0 Å². The fraction of sp³-hybridized carbons (Fsp3) is 0.556. The average molecular weight is 200 g/mol. The molecule has 5 nitrogen and oxygen atoms in total. The Hall–Kier alpha value is -1.36. The molecule has 0 radical (unpaired) electrons. The van der Waals surface area contributed by atoms with Crippen molar-refractivity contribution in [2.24, 2.45) is 11.7 Å². The first-order valence-corrected chi connectivity index (χ1v) is 4.44. The van der Waals surface area contributed by atoms with Crippen molar-refractivity contribution >= 4 is 11.9 Å². The molecule has 0 bridgehead atoms. The Kier molecular flexibility index (Phi) is 6.39. The number of hydrogen-bond donors (Lipinski definition) is 3. The second-order valence-corrected chi connectivity index (χ2v) is 2.91. The van der Waals surface area contributed by atoms with Gasteiger partial charge < -0.3 is 16.2 Å². The molecule has 5 heteroatoms. The molecule has 0 aliphatic carbocycles. The maximum absolute atomic E-state index is 11.2. The predicted octanol–water partition coefficient (Wildman–Crippen LogP) is -0.272. The summed E-state index contributed by atoms with van der Waals surface area (Å²) in [7, 11) is 0. The summed E-state index contributed by atoms with van der Waals surface area (Å²) in [5.74, 6) is -1.65. The summed E-state index contributed by atoms with van der Waals surface area (Å²) in [5, 5.41) is 10.6. The zero-order valence-electron chi connectivity index (χ0n) is 8.19. The van der Waals surface area contributed by atoms with Crippen LogP contribution in [-0.4, -0.2) is 30.1 Å². The van der Waals surface area contributed by atoms with Crippen molar-refractivity contribution in [2.75, 3.05) is 13.1 Å². The number of carboxylic acids is 1. The van der Waals surface area contributed by atoms with Crippen LogP contribution in [-0.2, 0) is 9.59 Å². The van der Waals surface area contributed by atoms with Crippen LogP contribution < -0.4 is 11.1 Å². The van der Waals surface area contributed by atoms with Crippen molar-refractivity contribution in [3.05, 3.63) is 12.2 Å². The fourth-order valence-corrected chi connectivity index (χ4v) is 0.808. The van der Waals surface area contributed by atoms with E-state index in [1.807, 2.05) is 6.08 Å². The second-order valence-electron chi connectivity index (χ2n) is 2.91. The zero-order valence-corrected chi connectivity index (χ0v) is 8.19. The van der Waals surface area contributed by atoms with Crippen LogP contribution in [0.15, 0.2) is 12.2 Å². The number of carboxylic acid groups (broad SMARTS) is 1. The average Bonchev–Trinajstić information content (AvgIpc) is 2.14.